The topological polar surface area (TPSA) is 105 Å². The second-order valence-corrected chi connectivity index (χ2v) is 5.98. The van der Waals surface area contributed by atoms with Crippen molar-refractivity contribution in [2.45, 2.75) is 32.2 Å². The van der Waals surface area contributed by atoms with Crippen LogP contribution in [-0.2, 0) is 19.1 Å². The van der Waals surface area contributed by atoms with Gasteiger partial charge in [0, 0.05) is 0 Å². The zero-order chi connectivity index (χ0) is 18.6. The van der Waals surface area contributed by atoms with Gasteiger partial charge in [0.25, 0.3) is 5.91 Å². The van der Waals surface area contributed by atoms with Crippen molar-refractivity contribution in [3.05, 3.63) is 29.8 Å². The van der Waals surface area contributed by atoms with Gasteiger partial charge in [-0.1, -0.05) is 26.0 Å². The number of hydrogen-bond donors (Lipinski definition) is 2. The second-order valence-electron chi connectivity index (χ2n) is 5.98. The minimum atomic E-state index is -0.963. The van der Waals surface area contributed by atoms with Crippen LogP contribution in [0.2, 0.25) is 0 Å². The number of imide groups is 1. The molecule has 1 heterocycles. The van der Waals surface area contributed by atoms with E-state index in [9.17, 15) is 19.2 Å². The van der Waals surface area contributed by atoms with Gasteiger partial charge in [-0.3, -0.25) is 14.4 Å². The van der Waals surface area contributed by atoms with Crippen molar-refractivity contribution in [2.24, 2.45) is 0 Å². The summed E-state index contributed by atoms with van der Waals surface area (Å²) < 4.78 is 4.41. The van der Waals surface area contributed by atoms with Gasteiger partial charge in [-0.2, -0.15) is 0 Å². The zero-order valence-electron chi connectivity index (χ0n) is 14.4. The lowest BCUT2D eigenvalue weighted by Gasteiger charge is -2.14. The first-order valence-electron chi connectivity index (χ1n) is 7.91. The van der Waals surface area contributed by atoms with E-state index in [1.54, 1.807) is 12.1 Å². The molecule has 0 aromatic heterocycles. The van der Waals surface area contributed by atoms with Gasteiger partial charge in [0.15, 0.2) is 0 Å². The third kappa shape index (κ3) is 4.34. The summed E-state index contributed by atoms with van der Waals surface area (Å²) in [6, 6.07) is 5.58. The van der Waals surface area contributed by atoms with Crippen molar-refractivity contribution in [1.82, 2.24) is 10.6 Å². The van der Waals surface area contributed by atoms with Crippen LogP contribution in [0.3, 0.4) is 0 Å². The Morgan fingerprint density at radius 3 is 2.44 bits per heavy atom. The van der Waals surface area contributed by atoms with Gasteiger partial charge in [0.1, 0.15) is 12.6 Å². The average Bonchev–Trinajstić information content (AvgIpc) is 2.86. The number of hydrogen-bond acceptors (Lipinski definition) is 5. The van der Waals surface area contributed by atoms with Gasteiger partial charge in [-0.25, -0.2) is 9.69 Å². The predicted octanol–water partition coefficient (Wildman–Crippen LogP) is 0.914. The van der Waals surface area contributed by atoms with Gasteiger partial charge in [0.2, 0.25) is 5.91 Å². The standard InChI is InChI=1S/C17H21N3O5/c1-10(2)11-4-6-12(7-5-11)20-16(23)13(19-17(20)24)8-14(21)18-9-15(22)25-3/h4-7,10,13H,8-9H2,1-3H3,(H,18,21)(H,19,24)/t13-/m0/s1. The lowest BCUT2D eigenvalue weighted by atomic mass is 10.0. The molecule has 0 bridgehead atoms. The number of methoxy groups -OCH3 is 1. The third-order valence-electron chi connectivity index (χ3n) is 3.88. The van der Waals surface area contributed by atoms with Crippen LogP contribution < -0.4 is 15.5 Å². The van der Waals surface area contributed by atoms with Crippen molar-refractivity contribution < 1.29 is 23.9 Å². The molecule has 2 rings (SSSR count). The number of urea groups is 1. The monoisotopic (exact) mass is 347 g/mol. The average molecular weight is 347 g/mol. The van der Waals surface area contributed by atoms with E-state index < -0.39 is 29.9 Å². The summed E-state index contributed by atoms with van der Waals surface area (Å²) in [5.74, 6) is -1.29. The molecule has 1 aliphatic heterocycles. The molecule has 134 valence electrons. The molecule has 0 unspecified atom stereocenters. The highest BCUT2D eigenvalue weighted by atomic mass is 16.5. The molecule has 1 saturated heterocycles. The SMILES string of the molecule is COC(=O)CNC(=O)C[C@@H]1NC(=O)N(c2ccc(C(C)C)cc2)C1=O. The van der Waals surface area contributed by atoms with E-state index in [1.165, 1.54) is 7.11 Å². The predicted molar refractivity (Wildman–Crippen MR) is 90.0 cm³/mol. The van der Waals surface area contributed by atoms with Crippen LogP contribution in [-0.4, -0.2) is 43.5 Å². The fourth-order valence-corrected chi connectivity index (χ4v) is 2.42. The quantitative estimate of drug-likeness (QED) is 0.588. The number of carbonyl (C=O) groups is 4. The Hall–Kier alpha value is -2.90. The third-order valence-corrected chi connectivity index (χ3v) is 3.88. The molecule has 1 aromatic rings. The number of anilines is 1. The Bertz CT molecular complexity index is 684. The summed E-state index contributed by atoms with van der Waals surface area (Å²) in [6.07, 6.45) is -0.248. The first kappa shape index (κ1) is 18.4. The highest BCUT2D eigenvalue weighted by molar-refractivity contribution is 6.22. The summed E-state index contributed by atoms with van der Waals surface area (Å²) in [7, 11) is 1.21. The minimum absolute atomic E-state index is 0.248. The number of esters is 1. The van der Waals surface area contributed by atoms with E-state index >= 15 is 0 Å². The van der Waals surface area contributed by atoms with Crippen LogP contribution in [0.25, 0.3) is 0 Å². The van der Waals surface area contributed by atoms with E-state index in [0.717, 1.165) is 10.5 Å². The highest BCUT2D eigenvalue weighted by Crippen LogP contribution is 2.23. The molecular formula is C17H21N3O5. The summed E-state index contributed by atoms with van der Waals surface area (Å²) in [6.45, 7) is 3.81. The van der Waals surface area contributed by atoms with Crippen molar-refractivity contribution in [2.75, 3.05) is 18.6 Å². The first-order chi connectivity index (χ1) is 11.8. The molecule has 1 aromatic carbocycles. The summed E-state index contributed by atoms with van der Waals surface area (Å²) in [4.78, 5) is 48.3. The minimum Gasteiger partial charge on any atom is -0.468 e. The molecule has 25 heavy (non-hydrogen) atoms. The van der Waals surface area contributed by atoms with Gasteiger partial charge >= 0.3 is 12.0 Å². The van der Waals surface area contributed by atoms with E-state index in [0.29, 0.717) is 11.6 Å². The number of nitrogens with one attached hydrogen (secondary N) is 2. The summed E-state index contributed by atoms with van der Waals surface area (Å²) >= 11 is 0. The maximum absolute atomic E-state index is 12.4. The summed E-state index contributed by atoms with van der Waals surface area (Å²) in [5.41, 5.74) is 1.54. The van der Waals surface area contributed by atoms with Gasteiger partial charge in [-0.15, -0.1) is 0 Å². The number of rotatable bonds is 6. The lowest BCUT2D eigenvalue weighted by molar-refractivity contribution is -0.141. The van der Waals surface area contributed by atoms with Crippen LogP contribution in [0.4, 0.5) is 10.5 Å². The molecule has 8 heteroatoms. The molecule has 1 aliphatic rings. The van der Waals surface area contributed by atoms with Crippen LogP contribution in [0.15, 0.2) is 24.3 Å². The van der Waals surface area contributed by atoms with Crippen molar-refractivity contribution >= 4 is 29.5 Å². The molecule has 1 atom stereocenters. The van der Waals surface area contributed by atoms with Crippen LogP contribution in [0.1, 0.15) is 31.7 Å². The largest absolute Gasteiger partial charge is 0.468 e. The van der Waals surface area contributed by atoms with E-state index in [4.69, 9.17) is 0 Å². The van der Waals surface area contributed by atoms with Crippen molar-refractivity contribution in [1.29, 1.82) is 0 Å². The highest BCUT2D eigenvalue weighted by Gasteiger charge is 2.40. The molecule has 0 radical (unpaired) electrons. The molecule has 0 spiro atoms. The fourth-order valence-electron chi connectivity index (χ4n) is 2.42. The summed E-state index contributed by atoms with van der Waals surface area (Å²) in [5, 5.41) is 4.82. The van der Waals surface area contributed by atoms with E-state index in [1.807, 2.05) is 26.0 Å². The second kappa shape index (κ2) is 7.78. The first-order valence-corrected chi connectivity index (χ1v) is 7.91. The Morgan fingerprint density at radius 2 is 1.88 bits per heavy atom. The van der Waals surface area contributed by atoms with Gasteiger partial charge in [-0.05, 0) is 23.6 Å². The molecule has 0 aliphatic carbocycles. The number of nitrogens with zero attached hydrogens (tertiary/aromatic N) is 1. The molecule has 0 saturated carbocycles. The van der Waals surface area contributed by atoms with Crippen molar-refractivity contribution in [3.63, 3.8) is 0 Å². The molecule has 2 N–H and O–H groups in total. The smallest absolute Gasteiger partial charge is 0.329 e. The normalized spacial score (nSPS) is 16.8. The molecule has 1 fully saturated rings. The Kier molecular flexibility index (Phi) is 5.74. The Labute approximate surface area is 145 Å². The maximum atomic E-state index is 12.4. The molecule has 8 nitrogen and oxygen atoms in total. The van der Waals surface area contributed by atoms with Crippen LogP contribution in [0, 0.1) is 0 Å². The van der Waals surface area contributed by atoms with E-state index in [2.05, 4.69) is 15.4 Å². The molecule has 4 amide bonds. The number of ether oxygens (including phenoxy) is 1. The molecular weight excluding hydrogens is 326 g/mol. The van der Waals surface area contributed by atoms with Gasteiger partial charge in [0.05, 0.1) is 19.2 Å². The van der Waals surface area contributed by atoms with E-state index in [-0.39, 0.29) is 13.0 Å². The van der Waals surface area contributed by atoms with Crippen molar-refractivity contribution in [3.8, 4) is 0 Å². The zero-order valence-corrected chi connectivity index (χ0v) is 14.4. The lowest BCUT2D eigenvalue weighted by Crippen LogP contribution is -2.38. The Balaban J connectivity index is 2.01. The maximum Gasteiger partial charge on any atom is 0.329 e. The number of carbonyl (C=O) groups excluding carboxylic acids is 4. The van der Waals surface area contributed by atoms with Gasteiger partial charge < -0.3 is 15.4 Å². The Morgan fingerprint density at radius 1 is 1.24 bits per heavy atom. The fraction of sp³-hybridized carbons (Fsp3) is 0.412. The van der Waals surface area contributed by atoms with Crippen LogP contribution >= 0.6 is 0 Å². The number of amides is 4. The van der Waals surface area contributed by atoms with Crippen LogP contribution in [0.5, 0.6) is 0 Å². The number of benzene rings is 1.